The number of ether oxygens (including phenoxy) is 1. The molecule has 4 rings (SSSR count). The van der Waals surface area contributed by atoms with Gasteiger partial charge in [0.25, 0.3) is 11.2 Å². The molecule has 0 unspecified atom stereocenters. The van der Waals surface area contributed by atoms with E-state index >= 15 is 0 Å². The number of nitrogens with zero attached hydrogens (tertiary/aromatic N) is 2. The van der Waals surface area contributed by atoms with Gasteiger partial charge in [0.05, 0.1) is 18.7 Å². The van der Waals surface area contributed by atoms with Crippen LogP contribution in [0.25, 0.3) is 16.1 Å². The van der Waals surface area contributed by atoms with Gasteiger partial charge < -0.3 is 9.30 Å². The molecule has 7 heteroatoms. The zero-order valence-corrected chi connectivity index (χ0v) is 20.0. The lowest BCUT2D eigenvalue weighted by Gasteiger charge is -2.19. The molecular formula is C29H23F3N2O2. The van der Waals surface area contributed by atoms with E-state index in [1.807, 2.05) is 57.2 Å². The second kappa shape index (κ2) is 9.74. The van der Waals surface area contributed by atoms with Crippen molar-refractivity contribution in [1.29, 1.82) is 0 Å². The monoisotopic (exact) mass is 488 g/mol. The van der Waals surface area contributed by atoms with Crippen molar-refractivity contribution in [3.05, 3.63) is 122 Å². The minimum atomic E-state index is -4.85. The predicted molar refractivity (Wildman–Crippen MR) is 134 cm³/mol. The van der Waals surface area contributed by atoms with Crippen LogP contribution in [0, 0.1) is 27.3 Å². The third-order valence-electron chi connectivity index (χ3n) is 5.89. The molecular weight excluding hydrogens is 465 g/mol. The molecule has 3 aromatic carbocycles. The van der Waals surface area contributed by atoms with E-state index in [0.717, 1.165) is 28.3 Å². The maximum absolute atomic E-state index is 13.8. The van der Waals surface area contributed by atoms with Gasteiger partial charge in [-0.05, 0) is 85.5 Å². The first-order valence-electron chi connectivity index (χ1n) is 11.2. The van der Waals surface area contributed by atoms with Crippen molar-refractivity contribution in [2.75, 3.05) is 0 Å². The van der Waals surface area contributed by atoms with Crippen molar-refractivity contribution in [3.8, 4) is 22.8 Å². The molecule has 0 aliphatic carbocycles. The summed E-state index contributed by atoms with van der Waals surface area (Å²) < 4.78 is 48.5. The highest BCUT2D eigenvalue weighted by atomic mass is 19.4. The van der Waals surface area contributed by atoms with Gasteiger partial charge in [-0.25, -0.2) is 4.85 Å². The first-order valence-corrected chi connectivity index (χ1v) is 11.2. The predicted octanol–water partition coefficient (Wildman–Crippen LogP) is 7.85. The zero-order chi connectivity index (χ0) is 26.0. The van der Waals surface area contributed by atoms with Gasteiger partial charge in [0, 0.05) is 5.69 Å². The van der Waals surface area contributed by atoms with Crippen molar-refractivity contribution in [2.45, 2.75) is 33.5 Å². The molecule has 36 heavy (non-hydrogen) atoms. The van der Waals surface area contributed by atoms with E-state index in [1.54, 1.807) is 30.3 Å². The zero-order valence-electron chi connectivity index (χ0n) is 20.0. The Hall–Kier alpha value is -4.31. The van der Waals surface area contributed by atoms with Gasteiger partial charge in [-0.1, -0.05) is 35.9 Å². The molecule has 0 spiro atoms. The Labute approximate surface area is 207 Å². The van der Waals surface area contributed by atoms with Crippen LogP contribution in [-0.2, 0) is 12.7 Å². The summed E-state index contributed by atoms with van der Waals surface area (Å²) in [6, 6.07) is 20.5. The van der Waals surface area contributed by atoms with Crippen molar-refractivity contribution in [1.82, 2.24) is 4.57 Å². The molecule has 0 fully saturated rings. The van der Waals surface area contributed by atoms with Crippen molar-refractivity contribution in [2.24, 2.45) is 0 Å². The third-order valence-corrected chi connectivity index (χ3v) is 5.89. The molecule has 1 heterocycles. The molecule has 0 radical (unpaired) electrons. The van der Waals surface area contributed by atoms with E-state index in [9.17, 15) is 18.0 Å². The molecule has 4 nitrogen and oxygen atoms in total. The maximum Gasteiger partial charge on any atom is 0.407 e. The smallest absolute Gasteiger partial charge is 0.407 e. The summed E-state index contributed by atoms with van der Waals surface area (Å²) in [6.45, 7) is 13.1. The second-order valence-electron chi connectivity index (χ2n) is 8.67. The summed E-state index contributed by atoms with van der Waals surface area (Å²) in [5, 5.41) is 0. The average molecular weight is 489 g/mol. The van der Waals surface area contributed by atoms with E-state index in [4.69, 9.17) is 11.3 Å². The second-order valence-corrected chi connectivity index (χ2v) is 8.67. The SMILES string of the molecule is [C-]#[N+]c1c(C(F)(F)F)cc(-c2ccc(Oc3cccc(C)c3)cc2)n(Cc2ccc(C)cc2C)c1=O. The van der Waals surface area contributed by atoms with Crippen molar-refractivity contribution < 1.29 is 17.9 Å². The normalized spacial score (nSPS) is 11.2. The molecule has 4 aromatic rings. The molecule has 0 aliphatic heterocycles. The van der Waals surface area contributed by atoms with Crippen LogP contribution in [0.5, 0.6) is 11.5 Å². The summed E-state index contributed by atoms with van der Waals surface area (Å²) in [7, 11) is 0. The number of halogens is 3. The molecule has 0 atom stereocenters. The highest BCUT2D eigenvalue weighted by Gasteiger charge is 2.36. The minimum absolute atomic E-state index is 0.0302. The highest BCUT2D eigenvalue weighted by molar-refractivity contribution is 5.67. The summed E-state index contributed by atoms with van der Waals surface area (Å²) in [5.74, 6) is 1.14. The molecule has 0 bridgehead atoms. The first kappa shape index (κ1) is 24.8. The number of hydrogen-bond donors (Lipinski definition) is 0. The van der Waals surface area contributed by atoms with Crippen LogP contribution in [0.2, 0.25) is 0 Å². The van der Waals surface area contributed by atoms with Gasteiger partial charge >= 0.3 is 6.18 Å². The number of benzene rings is 3. The molecule has 0 saturated carbocycles. The number of alkyl halides is 3. The molecule has 1 aromatic heterocycles. The van der Waals surface area contributed by atoms with Gasteiger partial charge in [-0.2, -0.15) is 13.2 Å². The lowest BCUT2D eigenvalue weighted by Crippen LogP contribution is -2.25. The first-order chi connectivity index (χ1) is 17.1. The maximum atomic E-state index is 13.8. The summed E-state index contributed by atoms with van der Waals surface area (Å²) >= 11 is 0. The Balaban J connectivity index is 1.83. The topological polar surface area (TPSA) is 35.6 Å². The van der Waals surface area contributed by atoms with E-state index in [-0.39, 0.29) is 12.2 Å². The lowest BCUT2D eigenvalue weighted by molar-refractivity contribution is -0.136. The van der Waals surface area contributed by atoms with Gasteiger partial charge in [0.15, 0.2) is 0 Å². The molecule has 182 valence electrons. The van der Waals surface area contributed by atoms with Crippen LogP contribution < -0.4 is 10.3 Å². The van der Waals surface area contributed by atoms with Crippen molar-refractivity contribution in [3.63, 3.8) is 0 Å². The largest absolute Gasteiger partial charge is 0.457 e. The summed E-state index contributed by atoms with van der Waals surface area (Å²) in [5.41, 5.74) is 1.05. The number of aromatic nitrogens is 1. The molecule has 0 saturated heterocycles. The Kier molecular flexibility index (Phi) is 6.71. The fourth-order valence-electron chi connectivity index (χ4n) is 4.06. The molecule has 0 aliphatic rings. The van der Waals surface area contributed by atoms with Crippen LogP contribution in [0.3, 0.4) is 0 Å². The summed E-state index contributed by atoms with van der Waals surface area (Å²) in [6.07, 6.45) is -4.85. The van der Waals surface area contributed by atoms with Gasteiger partial charge in [0.1, 0.15) is 11.5 Å². The quantitative estimate of drug-likeness (QED) is 0.268. The van der Waals surface area contributed by atoms with Crippen LogP contribution in [0.1, 0.15) is 27.8 Å². The number of pyridine rings is 1. The average Bonchev–Trinajstić information content (AvgIpc) is 2.81. The number of rotatable bonds is 5. The number of aryl methyl sites for hydroxylation is 3. The van der Waals surface area contributed by atoms with Crippen LogP contribution in [0.15, 0.2) is 77.6 Å². The standard InChI is InChI=1S/C29H23F3N2O2/c1-18-6-5-7-24(15-18)36-23-12-10-21(11-13-23)26-16-25(29(30,31)32)27(33-4)28(35)34(26)17-22-9-8-19(2)14-20(22)3/h5-16H,17H2,1-3H3. The number of hydrogen-bond acceptors (Lipinski definition) is 2. The molecule has 0 N–H and O–H groups in total. The Bertz CT molecular complexity index is 1530. The van der Waals surface area contributed by atoms with E-state index in [2.05, 4.69) is 4.85 Å². The Morgan fingerprint density at radius 1 is 0.889 bits per heavy atom. The van der Waals surface area contributed by atoms with Gasteiger partial charge in [-0.15, -0.1) is 0 Å². The van der Waals surface area contributed by atoms with Crippen LogP contribution in [0.4, 0.5) is 18.9 Å². The van der Waals surface area contributed by atoms with Gasteiger partial charge in [-0.3, -0.25) is 4.79 Å². The third kappa shape index (κ3) is 5.18. The molecule has 0 amide bonds. The Morgan fingerprint density at radius 3 is 2.19 bits per heavy atom. The Morgan fingerprint density at radius 2 is 1.58 bits per heavy atom. The fraction of sp³-hybridized carbons (Fsp3) is 0.172. The van der Waals surface area contributed by atoms with E-state index in [0.29, 0.717) is 17.1 Å². The van der Waals surface area contributed by atoms with Gasteiger partial charge in [0.2, 0.25) is 0 Å². The van der Waals surface area contributed by atoms with E-state index < -0.39 is 23.0 Å². The fourth-order valence-corrected chi connectivity index (χ4v) is 4.06. The van der Waals surface area contributed by atoms with E-state index in [1.165, 1.54) is 4.57 Å². The van der Waals surface area contributed by atoms with Crippen LogP contribution >= 0.6 is 0 Å². The highest BCUT2D eigenvalue weighted by Crippen LogP contribution is 2.37. The minimum Gasteiger partial charge on any atom is -0.457 e. The van der Waals surface area contributed by atoms with Crippen molar-refractivity contribution >= 4 is 5.69 Å². The lowest BCUT2D eigenvalue weighted by atomic mass is 10.0. The summed E-state index contributed by atoms with van der Waals surface area (Å²) in [4.78, 5) is 16.2. The van der Waals surface area contributed by atoms with Crippen LogP contribution in [-0.4, -0.2) is 4.57 Å².